The number of Topliss-reactive ketones (excluding diaryl/α,β-unsaturated/α-hetero) is 1. The fourth-order valence-electron chi connectivity index (χ4n) is 1.31. The molecule has 70 valence electrons. The Labute approximate surface area is 80.4 Å². The van der Waals surface area contributed by atoms with E-state index in [9.17, 15) is 9.18 Å². The number of halogens is 1. The molecule has 0 unspecified atom stereocenters. The summed E-state index contributed by atoms with van der Waals surface area (Å²) >= 11 is 0. The van der Waals surface area contributed by atoms with E-state index >= 15 is 0 Å². The summed E-state index contributed by atoms with van der Waals surface area (Å²) in [5.41, 5.74) is 0.544. The van der Waals surface area contributed by atoms with Crippen LogP contribution in [0.15, 0.2) is 30.3 Å². The summed E-state index contributed by atoms with van der Waals surface area (Å²) in [6, 6.07) is 8.01. The number of pyridine rings is 1. The zero-order valence-corrected chi connectivity index (χ0v) is 7.62. The van der Waals surface area contributed by atoms with E-state index in [4.69, 9.17) is 0 Å². The normalized spacial score (nSPS) is 10.4. The van der Waals surface area contributed by atoms with E-state index in [0.29, 0.717) is 11.1 Å². The lowest BCUT2D eigenvalue weighted by Crippen LogP contribution is -1.97. The molecule has 2 rings (SSSR count). The number of aromatic nitrogens is 1. The summed E-state index contributed by atoms with van der Waals surface area (Å²) < 4.78 is 13.3. The first-order chi connectivity index (χ1) is 6.68. The smallest absolute Gasteiger partial charge is 0.178 e. The summed E-state index contributed by atoms with van der Waals surface area (Å²) in [7, 11) is 0. The molecule has 0 spiro atoms. The van der Waals surface area contributed by atoms with E-state index in [1.54, 1.807) is 24.3 Å². The lowest BCUT2D eigenvalue weighted by Gasteiger charge is -2.00. The van der Waals surface area contributed by atoms with Crippen molar-refractivity contribution >= 4 is 16.7 Å². The van der Waals surface area contributed by atoms with Crippen LogP contribution in [0.1, 0.15) is 17.4 Å². The van der Waals surface area contributed by atoms with Crippen LogP contribution >= 0.6 is 0 Å². The van der Waals surface area contributed by atoms with Crippen LogP contribution in [0.4, 0.5) is 4.39 Å². The highest BCUT2D eigenvalue weighted by Gasteiger charge is 2.05. The maximum Gasteiger partial charge on any atom is 0.178 e. The molecule has 0 amide bonds. The Hall–Kier alpha value is -1.77. The van der Waals surface area contributed by atoms with Gasteiger partial charge in [0.2, 0.25) is 0 Å². The number of para-hydroxylation sites is 1. The number of benzene rings is 1. The van der Waals surface area contributed by atoms with Gasteiger partial charge in [-0.3, -0.25) is 4.79 Å². The molecular weight excluding hydrogens is 181 g/mol. The Morgan fingerprint density at radius 2 is 2.07 bits per heavy atom. The van der Waals surface area contributed by atoms with Crippen molar-refractivity contribution in [1.29, 1.82) is 0 Å². The van der Waals surface area contributed by atoms with Gasteiger partial charge in [0, 0.05) is 12.3 Å². The summed E-state index contributed by atoms with van der Waals surface area (Å²) in [5.74, 6) is -0.555. The predicted molar refractivity (Wildman–Crippen MR) is 51.7 cm³/mol. The quantitative estimate of drug-likeness (QED) is 0.645. The number of fused-ring (bicyclic) bond motifs is 1. The van der Waals surface area contributed by atoms with Crippen LogP contribution < -0.4 is 0 Å². The number of ketones is 1. The van der Waals surface area contributed by atoms with Gasteiger partial charge in [0.15, 0.2) is 5.78 Å². The molecule has 0 fully saturated rings. The Morgan fingerprint density at radius 1 is 1.29 bits per heavy atom. The van der Waals surface area contributed by atoms with Crippen LogP contribution in [0.25, 0.3) is 10.9 Å². The molecule has 2 aromatic rings. The third-order valence-corrected chi connectivity index (χ3v) is 2.03. The molecule has 0 saturated carbocycles. The van der Waals surface area contributed by atoms with Gasteiger partial charge >= 0.3 is 0 Å². The van der Waals surface area contributed by atoms with Crippen molar-refractivity contribution in [3.05, 3.63) is 41.8 Å². The average molecular weight is 189 g/mol. The van der Waals surface area contributed by atoms with Crippen molar-refractivity contribution in [3.8, 4) is 0 Å². The number of rotatable bonds is 1. The fraction of sp³-hybridized carbons (Fsp3) is 0.0909. The van der Waals surface area contributed by atoms with Gasteiger partial charge in [-0.15, -0.1) is 0 Å². The highest BCUT2D eigenvalue weighted by Crippen LogP contribution is 2.15. The van der Waals surface area contributed by atoms with Crippen LogP contribution in [-0.4, -0.2) is 10.8 Å². The number of hydrogen-bond donors (Lipinski definition) is 0. The van der Waals surface area contributed by atoms with Crippen molar-refractivity contribution < 1.29 is 9.18 Å². The second-order valence-electron chi connectivity index (χ2n) is 3.06. The zero-order chi connectivity index (χ0) is 10.1. The molecule has 0 N–H and O–H groups in total. The minimum atomic E-state index is -0.398. The van der Waals surface area contributed by atoms with Crippen molar-refractivity contribution in [1.82, 2.24) is 4.98 Å². The summed E-state index contributed by atoms with van der Waals surface area (Å²) in [6.45, 7) is 1.41. The van der Waals surface area contributed by atoms with E-state index in [2.05, 4.69) is 4.98 Å². The molecule has 0 aliphatic rings. The Morgan fingerprint density at radius 3 is 2.79 bits per heavy atom. The van der Waals surface area contributed by atoms with Gasteiger partial charge in [-0.2, -0.15) is 0 Å². The van der Waals surface area contributed by atoms with Gasteiger partial charge in [0.25, 0.3) is 0 Å². The number of carbonyl (C=O) groups is 1. The van der Waals surface area contributed by atoms with Crippen molar-refractivity contribution in [2.45, 2.75) is 6.92 Å². The maximum atomic E-state index is 13.3. The van der Waals surface area contributed by atoms with Gasteiger partial charge in [0.1, 0.15) is 17.0 Å². The van der Waals surface area contributed by atoms with E-state index < -0.39 is 5.82 Å². The standard InChI is InChI=1S/C11H8FNO/c1-7(14)10-6-5-8-3-2-4-9(12)11(8)13-10/h2-6H,1H3. The monoisotopic (exact) mass is 189 g/mol. The molecule has 14 heavy (non-hydrogen) atoms. The van der Waals surface area contributed by atoms with Crippen molar-refractivity contribution in [2.24, 2.45) is 0 Å². The molecule has 1 aromatic heterocycles. The Kier molecular flexibility index (Phi) is 2.00. The van der Waals surface area contributed by atoms with Crippen molar-refractivity contribution in [2.75, 3.05) is 0 Å². The first kappa shape index (κ1) is 8.81. The highest BCUT2D eigenvalue weighted by atomic mass is 19.1. The Balaban J connectivity index is 2.76. The van der Waals surface area contributed by atoms with E-state index in [-0.39, 0.29) is 11.3 Å². The summed E-state index contributed by atoms with van der Waals surface area (Å²) in [6.07, 6.45) is 0. The molecule has 0 atom stereocenters. The molecular formula is C11H8FNO. The van der Waals surface area contributed by atoms with Gasteiger partial charge in [-0.1, -0.05) is 18.2 Å². The molecule has 2 nitrogen and oxygen atoms in total. The molecule has 0 saturated heterocycles. The minimum Gasteiger partial charge on any atom is -0.293 e. The molecule has 0 radical (unpaired) electrons. The largest absolute Gasteiger partial charge is 0.293 e. The van der Waals surface area contributed by atoms with Crippen LogP contribution in [0, 0.1) is 5.82 Å². The average Bonchev–Trinajstić information content (AvgIpc) is 2.18. The lowest BCUT2D eigenvalue weighted by molar-refractivity contribution is 0.101. The summed E-state index contributed by atoms with van der Waals surface area (Å²) in [5, 5.41) is 0.704. The van der Waals surface area contributed by atoms with Crippen LogP contribution in [0.5, 0.6) is 0 Å². The molecule has 1 aromatic carbocycles. The van der Waals surface area contributed by atoms with Crippen LogP contribution in [-0.2, 0) is 0 Å². The van der Waals surface area contributed by atoms with E-state index in [1.165, 1.54) is 13.0 Å². The first-order valence-electron chi connectivity index (χ1n) is 4.25. The van der Waals surface area contributed by atoms with Gasteiger partial charge in [-0.25, -0.2) is 9.37 Å². The van der Waals surface area contributed by atoms with Crippen molar-refractivity contribution in [3.63, 3.8) is 0 Å². The summed E-state index contributed by atoms with van der Waals surface area (Å²) in [4.78, 5) is 15.0. The number of nitrogens with zero attached hydrogens (tertiary/aromatic N) is 1. The van der Waals surface area contributed by atoms with E-state index in [0.717, 1.165) is 0 Å². The molecule has 0 aliphatic carbocycles. The fourth-order valence-corrected chi connectivity index (χ4v) is 1.31. The first-order valence-corrected chi connectivity index (χ1v) is 4.25. The lowest BCUT2D eigenvalue weighted by atomic mass is 10.2. The minimum absolute atomic E-state index is 0.157. The SMILES string of the molecule is CC(=O)c1ccc2cccc(F)c2n1. The second kappa shape index (κ2) is 3.18. The molecule has 0 bridgehead atoms. The molecule has 1 heterocycles. The number of hydrogen-bond acceptors (Lipinski definition) is 2. The van der Waals surface area contributed by atoms with E-state index in [1.807, 2.05) is 0 Å². The molecule has 3 heteroatoms. The van der Waals surface area contributed by atoms with Crippen LogP contribution in [0.2, 0.25) is 0 Å². The van der Waals surface area contributed by atoms with Gasteiger partial charge in [-0.05, 0) is 12.1 Å². The predicted octanol–water partition coefficient (Wildman–Crippen LogP) is 2.58. The third kappa shape index (κ3) is 1.37. The molecule has 0 aliphatic heterocycles. The maximum absolute atomic E-state index is 13.3. The Bertz CT molecular complexity index is 508. The highest BCUT2D eigenvalue weighted by molar-refractivity contribution is 5.94. The zero-order valence-electron chi connectivity index (χ0n) is 7.62. The van der Waals surface area contributed by atoms with Gasteiger partial charge < -0.3 is 0 Å². The second-order valence-corrected chi connectivity index (χ2v) is 3.06. The third-order valence-electron chi connectivity index (χ3n) is 2.03. The topological polar surface area (TPSA) is 30.0 Å². The number of carbonyl (C=O) groups excluding carboxylic acids is 1. The van der Waals surface area contributed by atoms with Gasteiger partial charge in [0.05, 0.1) is 0 Å². The van der Waals surface area contributed by atoms with Crippen LogP contribution in [0.3, 0.4) is 0 Å².